The topological polar surface area (TPSA) is 4.93 Å². The van der Waals surface area contributed by atoms with Crippen LogP contribution in [0.3, 0.4) is 0 Å². The van der Waals surface area contributed by atoms with Gasteiger partial charge in [0.05, 0.1) is 13.7 Å². The van der Waals surface area contributed by atoms with Crippen molar-refractivity contribution in [1.29, 1.82) is 0 Å². The summed E-state index contributed by atoms with van der Waals surface area (Å²) in [5.74, 6) is 0. The number of hydrogen-bond donors (Lipinski definition) is 0. The number of nitrogens with zero attached hydrogens (tertiary/aromatic N) is 1. The second kappa shape index (κ2) is 3.41. The number of aromatic nitrogens is 1. The molecule has 1 rings (SSSR count). The maximum absolute atomic E-state index is 3.45. The zero-order valence-electron chi connectivity index (χ0n) is 5.37. The van der Waals surface area contributed by atoms with Crippen molar-refractivity contribution in [2.75, 3.05) is 0 Å². The van der Waals surface area contributed by atoms with Crippen LogP contribution in [-0.2, 0) is 6.54 Å². The van der Waals surface area contributed by atoms with Crippen molar-refractivity contribution in [3.63, 3.8) is 0 Å². The Morgan fingerprint density at radius 2 is 2.00 bits per heavy atom. The van der Waals surface area contributed by atoms with Gasteiger partial charge in [-0.25, -0.2) is 0 Å². The lowest BCUT2D eigenvalue weighted by Gasteiger charge is -2.00. The van der Waals surface area contributed by atoms with Crippen molar-refractivity contribution < 1.29 is 0 Å². The molecule has 1 aromatic rings. The summed E-state index contributed by atoms with van der Waals surface area (Å²) in [5, 5.41) is 0. The molecule has 0 aromatic carbocycles. The molecule has 0 atom stereocenters. The Morgan fingerprint density at radius 3 is 2.20 bits per heavy atom. The summed E-state index contributed by atoms with van der Waals surface area (Å²) in [5.41, 5.74) is 0. The van der Waals surface area contributed by atoms with Gasteiger partial charge in [-0.3, -0.25) is 0 Å². The van der Waals surface area contributed by atoms with Gasteiger partial charge in [0.2, 0.25) is 0 Å². The molecule has 56 valence electrons. The third-order valence-electron chi connectivity index (χ3n) is 1.25. The fraction of sp³-hybridized carbons (Fsp3) is 0.333. The zero-order chi connectivity index (χ0) is 7.72. The lowest BCUT2D eigenvalue weighted by atomic mass is 10.7. The van der Waals surface area contributed by atoms with Crippen LogP contribution in [0.2, 0.25) is 0 Å². The Labute approximate surface area is 85.2 Å². The average Bonchev–Trinajstić information content (AvgIpc) is 2.09. The van der Waals surface area contributed by atoms with Crippen LogP contribution in [0.1, 0.15) is 6.92 Å². The van der Waals surface area contributed by atoms with Crippen LogP contribution >= 0.6 is 47.8 Å². The summed E-state index contributed by atoms with van der Waals surface area (Å²) < 4.78 is 5.38. The molecule has 0 amide bonds. The van der Waals surface area contributed by atoms with E-state index in [4.69, 9.17) is 0 Å². The SMILES string of the molecule is CCn1c(Br)cc(Br)c1Br. The predicted molar refractivity (Wildman–Crippen MR) is 53.2 cm³/mol. The molecule has 0 fully saturated rings. The van der Waals surface area contributed by atoms with Gasteiger partial charge in [0.1, 0.15) is 0 Å². The Balaban J connectivity index is 3.20. The molecule has 1 aromatic heterocycles. The first-order valence-corrected chi connectivity index (χ1v) is 5.24. The average molecular weight is 332 g/mol. The van der Waals surface area contributed by atoms with Crippen molar-refractivity contribution in [1.82, 2.24) is 4.57 Å². The fourth-order valence-electron chi connectivity index (χ4n) is 0.755. The minimum absolute atomic E-state index is 0.965. The molecular weight excluding hydrogens is 326 g/mol. The molecule has 0 saturated carbocycles. The summed E-state index contributed by atoms with van der Waals surface area (Å²) in [6.07, 6.45) is 0. The van der Waals surface area contributed by atoms with Gasteiger partial charge in [-0.2, -0.15) is 0 Å². The van der Waals surface area contributed by atoms with Gasteiger partial charge in [0.25, 0.3) is 0 Å². The molecule has 0 aliphatic carbocycles. The van der Waals surface area contributed by atoms with Crippen molar-refractivity contribution in [2.45, 2.75) is 13.5 Å². The molecule has 0 radical (unpaired) electrons. The third kappa shape index (κ3) is 1.48. The maximum Gasteiger partial charge on any atom is 0.0999 e. The van der Waals surface area contributed by atoms with Crippen molar-refractivity contribution in [3.05, 3.63) is 19.7 Å². The van der Waals surface area contributed by atoms with Gasteiger partial charge in [0, 0.05) is 6.54 Å². The highest BCUT2D eigenvalue weighted by atomic mass is 79.9. The Bertz CT molecular complexity index is 241. The van der Waals surface area contributed by atoms with Gasteiger partial charge < -0.3 is 4.57 Å². The van der Waals surface area contributed by atoms with Crippen LogP contribution in [0.4, 0.5) is 0 Å². The van der Waals surface area contributed by atoms with E-state index < -0.39 is 0 Å². The number of hydrogen-bond acceptors (Lipinski definition) is 0. The van der Waals surface area contributed by atoms with E-state index in [9.17, 15) is 0 Å². The summed E-state index contributed by atoms with van der Waals surface area (Å²) >= 11 is 10.3. The third-order valence-corrected chi connectivity index (χ3v) is 3.90. The van der Waals surface area contributed by atoms with E-state index in [0.717, 1.165) is 20.2 Å². The molecule has 0 N–H and O–H groups in total. The second-order valence-corrected chi connectivity index (χ2v) is 4.27. The van der Waals surface area contributed by atoms with E-state index in [2.05, 4.69) is 59.3 Å². The van der Waals surface area contributed by atoms with E-state index in [1.807, 2.05) is 6.07 Å². The molecule has 0 unspecified atom stereocenters. The van der Waals surface area contributed by atoms with Crippen molar-refractivity contribution in [2.24, 2.45) is 0 Å². The predicted octanol–water partition coefficient (Wildman–Crippen LogP) is 3.80. The Hall–Kier alpha value is 0.720. The molecular formula is C6H6Br3N. The smallest absolute Gasteiger partial charge is 0.0999 e. The first-order chi connectivity index (χ1) is 4.66. The van der Waals surface area contributed by atoms with Crippen LogP contribution < -0.4 is 0 Å². The number of rotatable bonds is 1. The molecule has 0 bridgehead atoms. The lowest BCUT2D eigenvalue weighted by Crippen LogP contribution is -1.92. The van der Waals surface area contributed by atoms with E-state index in [0.29, 0.717) is 0 Å². The summed E-state index contributed by atoms with van der Waals surface area (Å²) in [4.78, 5) is 0. The van der Waals surface area contributed by atoms with Crippen LogP contribution in [0.25, 0.3) is 0 Å². The molecule has 4 heteroatoms. The quantitative estimate of drug-likeness (QED) is 0.737. The van der Waals surface area contributed by atoms with Crippen LogP contribution in [0.15, 0.2) is 19.7 Å². The first kappa shape index (κ1) is 8.81. The minimum Gasteiger partial charge on any atom is -0.329 e. The zero-order valence-corrected chi connectivity index (χ0v) is 10.1. The van der Waals surface area contributed by atoms with Gasteiger partial charge >= 0.3 is 0 Å². The Morgan fingerprint density at radius 1 is 1.40 bits per heavy atom. The van der Waals surface area contributed by atoms with Gasteiger partial charge in [-0.05, 0) is 60.8 Å². The molecule has 10 heavy (non-hydrogen) atoms. The highest BCUT2D eigenvalue weighted by molar-refractivity contribution is 9.13. The monoisotopic (exact) mass is 329 g/mol. The lowest BCUT2D eigenvalue weighted by molar-refractivity contribution is 0.734. The molecule has 0 spiro atoms. The van der Waals surface area contributed by atoms with E-state index in [-0.39, 0.29) is 0 Å². The normalized spacial score (nSPS) is 10.4. The van der Waals surface area contributed by atoms with Crippen LogP contribution in [0.5, 0.6) is 0 Å². The first-order valence-electron chi connectivity index (χ1n) is 2.86. The van der Waals surface area contributed by atoms with E-state index in [1.54, 1.807) is 0 Å². The standard InChI is InChI=1S/C6H6Br3N/c1-2-10-5(8)3-4(7)6(10)9/h3H,2H2,1H3. The molecule has 0 aliphatic rings. The maximum atomic E-state index is 3.45. The number of halogens is 3. The summed E-state index contributed by atoms with van der Waals surface area (Å²) in [7, 11) is 0. The van der Waals surface area contributed by atoms with Gasteiger partial charge in [0.15, 0.2) is 0 Å². The van der Waals surface area contributed by atoms with Crippen molar-refractivity contribution in [3.8, 4) is 0 Å². The van der Waals surface area contributed by atoms with E-state index in [1.165, 1.54) is 0 Å². The van der Waals surface area contributed by atoms with Gasteiger partial charge in [-0.15, -0.1) is 0 Å². The molecule has 1 heterocycles. The second-order valence-electron chi connectivity index (χ2n) is 1.85. The Kier molecular flexibility index (Phi) is 3.01. The minimum atomic E-state index is 0.965. The van der Waals surface area contributed by atoms with Crippen LogP contribution in [0, 0.1) is 0 Å². The van der Waals surface area contributed by atoms with E-state index >= 15 is 0 Å². The fourth-order valence-corrected chi connectivity index (χ4v) is 2.94. The largest absolute Gasteiger partial charge is 0.329 e. The summed E-state index contributed by atoms with van der Waals surface area (Å²) in [6, 6.07) is 2.02. The van der Waals surface area contributed by atoms with Crippen molar-refractivity contribution >= 4 is 47.8 Å². The summed E-state index contributed by atoms with van der Waals surface area (Å²) in [6.45, 7) is 3.06. The van der Waals surface area contributed by atoms with Gasteiger partial charge in [-0.1, -0.05) is 0 Å². The molecule has 0 saturated heterocycles. The highest BCUT2D eigenvalue weighted by Crippen LogP contribution is 2.29. The molecule has 1 nitrogen and oxygen atoms in total. The van der Waals surface area contributed by atoms with Crippen LogP contribution in [-0.4, -0.2) is 4.57 Å². The molecule has 0 aliphatic heterocycles. The highest BCUT2D eigenvalue weighted by Gasteiger charge is 2.06.